The average molecular weight is 591 g/mol. The molecule has 6 nitrogen and oxygen atoms in total. The van der Waals surface area contributed by atoms with E-state index in [-0.39, 0.29) is 18.2 Å². The van der Waals surface area contributed by atoms with E-state index in [1.54, 1.807) is 59.9 Å². The maximum Gasteiger partial charge on any atom is 0.326 e. The molecule has 0 amide bonds. The third-order valence-electron chi connectivity index (χ3n) is 7.10. The quantitative estimate of drug-likeness (QED) is 0.0881. The Morgan fingerprint density at radius 1 is 0.791 bits per heavy atom. The lowest BCUT2D eigenvalue weighted by atomic mass is 10.00. The van der Waals surface area contributed by atoms with Gasteiger partial charge in [-0.3, -0.25) is 4.79 Å². The molecule has 0 spiro atoms. The summed E-state index contributed by atoms with van der Waals surface area (Å²) in [6.07, 6.45) is 1.08. The van der Waals surface area contributed by atoms with E-state index >= 15 is 0 Å². The second kappa shape index (κ2) is 15.0. The fourth-order valence-electron chi connectivity index (χ4n) is 4.89. The molecule has 218 valence electrons. The molecule has 0 saturated carbocycles. The Labute approximate surface area is 256 Å². The number of nitrogens with one attached hydrogen (secondary N) is 2. The third-order valence-corrected chi connectivity index (χ3v) is 8.03. The van der Waals surface area contributed by atoms with Crippen LogP contribution < -0.4 is 15.4 Å². The first kappa shape index (κ1) is 29.8. The second-order valence-corrected chi connectivity index (χ2v) is 11.1. The summed E-state index contributed by atoms with van der Waals surface area (Å²) in [6, 6.07) is 37.4. The van der Waals surface area contributed by atoms with Crippen molar-refractivity contribution in [2.45, 2.75) is 24.9 Å². The molecule has 1 unspecified atom stereocenters. The second-order valence-electron chi connectivity index (χ2n) is 10.1. The molecular formula is C36H34N2O4S. The van der Waals surface area contributed by atoms with Crippen molar-refractivity contribution < 1.29 is 19.4 Å². The Morgan fingerprint density at radius 2 is 1.49 bits per heavy atom. The number of thiophene rings is 1. The van der Waals surface area contributed by atoms with Gasteiger partial charge in [0.15, 0.2) is 5.78 Å². The van der Waals surface area contributed by atoms with Gasteiger partial charge < -0.3 is 20.5 Å². The van der Waals surface area contributed by atoms with Gasteiger partial charge in [-0.15, -0.1) is 11.3 Å². The molecule has 1 heterocycles. The van der Waals surface area contributed by atoms with Gasteiger partial charge in [-0.2, -0.15) is 0 Å². The highest BCUT2D eigenvalue weighted by Crippen LogP contribution is 2.26. The number of hydrogen-bond acceptors (Lipinski definition) is 6. The van der Waals surface area contributed by atoms with Gasteiger partial charge >= 0.3 is 5.97 Å². The fourth-order valence-corrected chi connectivity index (χ4v) is 5.72. The lowest BCUT2D eigenvalue weighted by molar-refractivity contribution is -0.137. The van der Waals surface area contributed by atoms with Crippen molar-refractivity contribution >= 4 is 28.8 Å². The molecule has 0 aliphatic carbocycles. The molecule has 5 aromatic rings. The number of para-hydroxylation sites is 1. The van der Waals surface area contributed by atoms with Crippen molar-refractivity contribution in [3.63, 3.8) is 0 Å². The molecule has 0 radical (unpaired) electrons. The van der Waals surface area contributed by atoms with Crippen LogP contribution in [0.3, 0.4) is 0 Å². The molecule has 3 N–H and O–H groups in total. The van der Waals surface area contributed by atoms with Crippen molar-refractivity contribution in [1.29, 1.82) is 0 Å². The van der Waals surface area contributed by atoms with Crippen LogP contribution in [-0.2, 0) is 11.2 Å². The Kier molecular flexibility index (Phi) is 10.4. The molecule has 2 atom stereocenters. The summed E-state index contributed by atoms with van der Waals surface area (Å²) in [6.45, 7) is 1.36. The molecular weight excluding hydrogens is 556 g/mol. The Hall–Kier alpha value is -4.72. The zero-order chi connectivity index (χ0) is 29.9. The zero-order valence-corrected chi connectivity index (χ0v) is 24.5. The summed E-state index contributed by atoms with van der Waals surface area (Å²) in [5, 5.41) is 18.8. The summed E-state index contributed by atoms with van der Waals surface area (Å²) >= 11 is 1.74. The van der Waals surface area contributed by atoms with E-state index in [1.807, 2.05) is 36.4 Å². The minimum atomic E-state index is -0.994. The number of carbonyl (C=O) groups is 2. The van der Waals surface area contributed by atoms with Gasteiger partial charge in [-0.1, -0.05) is 91.0 Å². The molecule has 0 aliphatic rings. The summed E-state index contributed by atoms with van der Waals surface area (Å²) in [4.78, 5) is 26.5. The van der Waals surface area contributed by atoms with E-state index in [4.69, 9.17) is 4.74 Å². The fraction of sp³-hybridized carbons (Fsp3) is 0.167. The van der Waals surface area contributed by atoms with Gasteiger partial charge in [-0.25, -0.2) is 4.79 Å². The molecule has 7 heteroatoms. The lowest BCUT2D eigenvalue weighted by Crippen LogP contribution is -2.32. The normalized spacial score (nSPS) is 12.3. The van der Waals surface area contributed by atoms with Crippen LogP contribution in [-0.4, -0.2) is 36.1 Å². The van der Waals surface area contributed by atoms with E-state index < -0.39 is 12.0 Å². The standard InChI is InChI=1S/C36H34N2O4S/c39-35(28-13-5-2-6-14-28)30-15-7-8-16-31(30)38-32(36(40)41)25-26-18-20-29(21-19-26)42-23-10-22-37-34(33-17-9-24-43-33)27-11-3-1-4-12-27/h1-9,11-21,24,32,34,37-38H,10,22-23,25H2,(H,40,41)/t32?,34-/m0/s1. The molecule has 0 saturated heterocycles. The van der Waals surface area contributed by atoms with Crippen molar-refractivity contribution in [2.24, 2.45) is 0 Å². The number of carboxylic acids is 1. The van der Waals surface area contributed by atoms with Gasteiger partial charge in [0, 0.05) is 28.1 Å². The Balaban J connectivity index is 1.13. The maximum absolute atomic E-state index is 13.1. The number of ether oxygens (including phenoxy) is 1. The highest BCUT2D eigenvalue weighted by molar-refractivity contribution is 7.10. The van der Waals surface area contributed by atoms with E-state index in [0.717, 1.165) is 24.3 Å². The number of ketones is 1. The predicted molar refractivity (Wildman–Crippen MR) is 172 cm³/mol. The van der Waals surface area contributed by atoms with Crippen molar-refractivity contribution in [2.75, 3.05) is 18.5 Å². The summed E-state index contributed by atoms with van der Waals surface area (Å²) in [5.41, 5.74) is 3.56. The SMILES string of the molecule is O=C(c1ccccc1)c1ccccc1NC(Cc1ccc(OCCCN[C@@H](c2ccccc2)c2cccs2)cc1)C(=O)O. The van der Waals surface area contributed by atoms with E-state index in [0.29, 0.717) is 23.4 Å². The molecule has 0 bridgehead atoms. The number of carboxylic acid groups (broad SMARTS) is 1. The smallest absolute Gasteiger partial charge is 0.326 e. The van der Waals surface area contributed by atoms with E-state index in [1.165, 1.54) is 10.4 Å². The van der Waals surface area contributed by atoms with Gasteiger partial charge in [0.25, 0.3) is 0 Å². The molecule has 0 fully saturated rings. The first-order valence-electron chi connectivity index (χ1n) is 14.3. The topological polar surface area (TPSA) is 87.7 Å². The van der Waals surface area contributed by atoms with E-state index in [9.17, 15) is 14.7 Å². The monoisotopic (exact) mass is 590 g/mol. The third kappa shape index (κ3) is 8.19. The van der Waals surface area contributed by atoms with Crippen LogP contribution in [0.4, 0.5) is 5.69 Å². The molecule has 43 heavy (non-hydrogen) atoms. The molecule has 0 aliphatic heterocycles. The van der Waals surface area contributed by atoms with Crippen LogP contribution in [0, 0.1) is 0 Å². The number of aliphatic carboxylic acids is 1. The van der Waals surface area contributed by atoms with Crippen LogP contribution in [0.2, 0.25) is 0 Å². The van der Waals surface area contributed by atoms with Crippen LogP contribution in [0.25, 0.3) is 0 Å². The number of rotatable bonds is 15. The number of hydrogen-bond donors (Lipinski definition) is 3. The minimum Gasteiger partial charge on any atom is -0.494 e. The zero-order valence-electron chi connectivity index (χ0n) is 23.7. The van der Waals surface area contributed by atoms with Gasteiger partial charge in [0.05, 0.1) is 12.6 Å². The van der Waals surface area contributed by atoms with Crippen LogP contribution >= 0.6 is 11.3 Å². The Morgan fingerprint density at radius 3 is 2.19 bits per heavy atom. The van der Waals surface area contributed by atoms with Crippen LogP contribution in [0.1, 0.15) is 44.4 Å². The van der Waals surface area contributed by atoms with Gasteiger partial charge in [-0.05, 0) is 59.8 Å². The van der Waals surface area contributed by atoms with E-state index in [2.05, 4.69) is 52.4 Å². The number of benzene rings is 4. The van der Waals surface area contributed by atoms with Crippen molar-refractivity contribution in [3.05, 3.63) is 154 Å². The maximum atomic E-state index is 13.1. The first-order valence-corrected chi connectivity index (χ1v) is 15.2. The summed E-state index contributed by atoms with van der Waals surface area (Å²) < 4.78 is 5.96. The van der Waals surface area contributed by atoms with Crippen LogP contribution in [0.5, 0.6) is 5.75 Å². The predicted octanol–water partition coefficient (Wildman–Crippen LogP) is 7.24. The van der Waals surface area contributed by atoms with Gasteiger partial charge in [0.2, 0.25) is 0 Å². The van der Waals surface area contributed by atoms with Crippen molar-refractivity contribution in [1.82, 2.24) is 5.32 Å². The molecule has 1 aromatic heterocycles. The van der Waals surface area contributed by atoms with Gasteiger partial charge in [0.1, 0.15) is 11.8 Å². The van der Waals surface area contributed by atoms with Crippen molar-refractivity contribution in [3.8, 4) is 5.75 Å². The lowest BCUT2D eigenvalue weighted by Gasteiger charge is -2.19. The highest BCUT2D eigenvalue weighted by atomic mass is 32.1. The number of anilines is 1. The largest absolute Gasteiger partial charge is 0.494 e. The molecule has 5 rings (SSSR count). The van der Waals surface area contributed by atoms with Crippen LogP contribution in [0.15, 0.2) is 127 Å². The first-order chi connectivity index (χ1) is 21.1. The highest BCUT2D eigenvalue weighted by Gasteiger charge is 2.21. The number of carbonyl (C=O) groups excluding carboxylic acids is 1. The average Bonchev–Trinajstić information content (AvgIpc) is 3.59. The summed E-state index contributed by atoms with van der Waals surface area (Å²) in [5.74, 6) is -0.418. The minimum absolute atomic E-state index is 0.152. The Bertz CT molecular complexity index is 1590. The molecule has 4 aromatic carbocycles. The summed E-state index contributed by atoms with van der Waals surface area (Å²) in [7, 11) is 0.